The monoisotopic (exact) mass is 283 g/mol. The average Bonchev–Trinajstić information content (AvgIpc) is 2.98. The minimum atomic E-state index is -0.685. The van der Waals surface area contributed by atoms with Crippen LogP contribution >= 0.6 is 0 Å². The van der Waals surface area contributed by atoms with E-state index in [0.29, 0.717) is 6.04 Å². The van der Waals surface area contributed by atoms with Crippen molar-refractivity contribution in [1.82, 2.24) is 4.90 Å². The Labute approximate surface area is 122 Å². The molecule has 2 heterocycles. The molecule has 0 unspecified atom stereocenters. The molecule has 0 amide bonds. The van der Waals surface area contributed by atoms with Gasteiger partial charge in [-0.25, -0.2) is 0 Å². The molecule has 0 bridgehead atoms. The summed E-state index contributed by atoms with van der Waals surface area (Å²) < 4.78 is 5.91. The van der Waals surface area contributed by atoms with E-state index in [-0.39, 0.29) is 23.5 Å². The molecule has 0 aliphatic carbocycles. The van der Waals surface area contributed by atoms with Crippen LogP contribution in [0.1, 0.15) is 53.4 Å². The number of carbonyl (C=O) groups is 1. The lowest BCUT2D eigenvalue weighted by Crippen LogP contribution is -2.54. The Balaban J connectivity index is 2.19. The summed E-state index contributed by atoms with van der Waals surface area (Å²) in [5.41, 5.74) is 0.0234. The fraction of sp³-hybridized carbons (Fsp3) is 0.938. The van der Waals surface area contributed by atoms with E-state index in [4.69, 9.17) is 4.74 Å². The molecule has 2 fully saturated rings. The largest absolute Gasteiger partial charge is 0.480 e. The SMILES string of the molecule is CC(C)[C@@H](C(=O)O)N1CCC[C@@H]1C(C)(C)[C@H]1CCCO1. The van der Waals surface area contributed by atoms with Crippen molar-refractivity contribution in [2.24, 2.45) is 11.3 Å². The van der Waals surface area contributed by atoms with Crippen LogP contribution in [0.25, 0.3) is 0 Å². The highest BCUT2D eigenvalue weighted by atomic mass is 16.5. The average molecular weight is 283 g/mol. The van der Waals surface area contributed by atoms with Crippen molar-refractivity contribution in [3.8, 4) is 0 Å². The van der Waals surface area contributed by atoms with Gasteiger partial charge in [0.1, 0.15) is 6.04 Å². The molecule has 0 aromatic rings. The third-order valence-corrected chi connectivity index (χ3v) is 5.15. The second kappa shape index (κ2) is 6.02. The maximum Gasteiger partial charge on any atom is 0.321 e. The summed E-state index contributed by atoms with van der Waals surface area (Å²) in [6.07, 6.45) is 4.69. The molecule has 1 N–H and O–H groups in total. The topological polar surface area (TPSA) is 49.8 Å². The van der Waals surface area contributed by atoms with E-state index in [1.807, 2.05) is 13.8 Å². The number of aliphatic carboxylic acids is 1. The van der Waals surface area contributed by atoms with Crippen LogP contribution in [0.15, 0.2) is 0 Å². The van der Waals surface area contributed by atoms with Crippen LogP contribution in [-0.4, -0.2) is 47.3 Å². The Kier molecular flexibility index (Phi) is 4.75. The minimum Gasteiger partial charge on any atom is -0.480 e. The van der Waals surface area contributed by atoms with Gasteiger partial charge in [0.05, 0.1) is 6.10 Å². The predicted molar refractivity (Wildman–Crippen MR) is 78.7 cm³/mol. The maximum atomic E-state index is 11.6. The molecule has 2 rings (SSSR count). The van der Waals surface area contributed by atoms with Gasteiger partial charge in [0.25, 0.3) is 0 Å². The summed E-state index contributed by atoms with van der Waals surface area (Å²) in [6, 6.07) is -0.0581. The first-order valence-corrected chi connectivity index (χ1v) is 7.96. The summed E-state index contributed by atoms with van der Waals surface area (Å²) in [5.74, 6) is -0.552. The summed E-state index contributed by atoms with van der Waals surface area (Å²) in [6.45, 7) is 10.3. The number of nitrogens with zero attached hydrogens (tertiary/aromatic N) is 1. The highest BCUT2D eigenvalue weighted by molar-refractivity contribution is 5.74. The molecule has 20 heavy (non-hydrogen) atoms. The lowest BCUT2D eigenvalue weighted by atomic mass is 9.76. The molecule has 3 atom stereocenters. The highest BCUT2D eigenvalue weighted by Crippen LogP contribution is 2.42. The summed E-state index contributed by atoms with van der Waals surface area (Å²) in [7, 11) is 0. The van der Waals surface area contributed by atoms with Crippen molar-refractivity contribution in [3.63, 3.8) is 0 Å². The molecule has 2 aliphatic rings. The molecule has 2 aliphatic heterocycles. The van der Waals surface area contributed by atoms with Crippen LogP contribution in [0.3, 0.4) is 0 Å². The van der Waals surface area contributed by atoms with E-state index in [0.717, 1.165) is 38.8 Å². The van der Waals surface area contributed by atoms with Crippen LogP contribution in [-0.2, 0) is 9.53 Å². The summed E-state index contributed by atoms with van der Waals surface area (Å²) in [4.78, 5) is 13.9. The van der Waals surface area contributed by atoms with Crippen LogP contribution in [0.4, 0.5) is 0 Å². The molecule has 4 nitrogen and oxygen atoms in total. The van der Waals surface area contributed by atoms with Crippen LogP contribution in [0, 0.1) is 11.3 Å². The molecule has 0 spiro atoms. The molecule has 0 aromatic carbocycles. The maximum absolute atomic E-state index is 11.6. The molecule has 0 radical (unpaired) electrons. The van der Waals surface area contributed by atoms with Crippen molar-refractivity contribution >= 4 is 5.97 Å². The van der Waals surface area contributed by atoms with Gasteiger partial charge in [-0.05, 0) is 38.1 Å². The Bertz CT molecular complexity index is 348. The van der Waals surface area contributed by atoms with Crippen LogP contribution < -0.4 is 0 Å². The van der Waals surface area contributed by atoms with Gasteiger partial charge in [0.15, 0.2) is 0 Å². The first-order chi connectivity index (χ1) is 9.35. The zero-order chi connectivity index (χ0) is 14.9. The van der Waals surface area contributed by atoms with E-state index in [2.05, 4.69) is 18.7 Å². The third-order valence-electron chi connectivity index (χ3n) is 5.15. The first-order valence-electron chi connectivity index (χ1n) is 7.96. The standard InChI is InChI=1S/C16H29NO3/c1-11(2)14(15(18)19)17-9-5-7-12(17)16(3,4)13-8-6-10-20-13/h11-14H,5-10H2,1-4H3,(H,18,19)/t12-,13-,14+/m1/s1. The van der Waals surface area contributed by atoms with Gasteiger partial charge >= 0.3 is 5.97 Å². The molecule has 116 valence electrons. The lowest BCUT2D eigenvalue weighted by Gasteiger charge is -2.44. The molecular formula is C16H29NO3. The fourth-order valence-corrected chi connectivity index (χ4v) is 4.11. The molecular weight excluding hydrogens is 254 g/mol. The number of rotatable bonds is 5. The number of ether oxygens (including phenoxy) is 1. The third kappa shape index (κ3) is 2.86. The first kappa shape index (κ1) is 15.8. The van der Waals surface area contributed by atoms with Gasteiger partial charge in [0, 0.05) is 18.1 Å². The molecule has 2 saturated heterocycles. The number of likely N-dealkylation sites (tertiary alicyclic amines) is 1. The van der Waals surface area contributed by atoms with Crippen molar-refractivity contribution in [2.45, 2.75) is 71.6 Å². The van der Waals surface area contributed by atoms with Gasteiger partial charge < -0.3 is 9.84 Å². The second-order valence-electron chi connectivity index (χ2n) is 7.25. The quantitative estimate of drug-likeness (QED) is 0.843. The van der Waals surface area contributed by atoms with Crippen molar-refractivity contribution in [3.05, 3.63) is 0 Å². The zero-order valence-electron chi connectivity index (χ0n) is 13.3. The smallest absolute Gasteiger partial charge is 0.321 e. The summed E-state index contributed by atoms with van der Waals surface area (Å²) in [5, 5.41) is 9.58. The van der Waals surface area contributed by atoms with Crippen LogP contribution in [0.5, 0.6) is 0 Å². The van der Waals surface area contributed by atoms with E-state index in [1.54, 1.807) is 0 Å². The molecule has 0 aromatic heterocycles. The van der Waals surface area contributed by atoms with E-state index in [1.165, 1.54) is 0 Å². The van der Waals surface area contributed by atoms with Crippen molar-refractivity contribution in [2.75, 3.05) is 13.2 Å². The normalized spacial score (nSPS) is 30.1. The zero-order valence-corrected chi connectivity index (χ0v) is 13.3. The predicted octanol–water partition coefficient (Wildman–Crippen LogP) is 2.77. The van der Waals surface area contributed by atoms with E-state index in [9.17, 15) is 9.90 Å². The summed E-state index contributed by atoms with van der Waals surface area (Å²) >= 11 is 0. The Morgan fingerprint density at radius 2 is 2.00 bits per heavy atom. The van der Waals surface area contributed by atoms with Crippen LogP contribution in [0.2, 0.25) is 0 Å². The number of carboxylic acid groups (broad SMARTS) is 1. The van der Waals surface area contributed by atoms with Crippen molar-refractivity contribution < 1.29 is 14.6 Å². The highest BCUT2D eigenvalue weighted by Gasteiger charge is 2.47. The van der Waals surface area contributed by atoms with Crippen molar-refractivity contribution in [1.29, 1.82) is 0 Å². The Morgan fingerprint density at radius 1 is 1.30 bits per heavy atom. The van der Waals surface area contributed by atoms with Gasteiger partial charge in [-0.3, -0.25) is 9.69 Å². The van der Waals surface area contributed by atoms with E-state index >= 15 is 0 Å². The fourth-order valence-electron chi connectivity index (χ4n) is 4.11. The number of hydrogen-bond acceptors (Lipinski definition) is 3. The molecule has 0 saturated carbocycles. The Morgan fingerprint density at radius 3 is 2.50 bits per heavy atom. The molecule has 4 heteroatoms. The van der Waals surface area contributed by atoms with Gasteiger partial charge in [0.2, 0.25) is 0 Å². The minimum absolute atomic E-state index is 0.0234. The second-order valence-corrected chi connectivity index (χ2v) is 7.25. The van der Waals surface area contributed by atoms with Gasteiger partial charge in [-0.15, -0.1) is 0 Å². The van der Waals surface area contributed by atoms with E-state index < -0.39 is 5.97 Å². The number of carboxylic acids is 1. The lowest BCUT2D eigenvalue weighted by molar-refractivity contribution is -0.147. The van der Waals surface area contributed by atoms with Gasteiger partial charge in [-0.2, -0.15) is 0 Å². The number of hydrogen-bond donors (Lipinski definition) is 1. The van der Waals surface area contributed by atoms with Gasteiger partial charge in [-0.1, -0.05) is 27.7 Å². The Hall–Kier alpha value is -0.610.